The Labute approximate surface area is 136 Å². The molecule has 1 saturated carbocycles. The van der Waals surface area contributed by atoms with Crippen molar-refractivity contribution in [1.29, 1.82) is 0 Å². The van der Waals surface area contributed by atoms with E-state index >= 15 is 0 Å². The number of rotatable bonds is 1. The fraction of sp³-hybridized carbons (Fsp3) is 0.556. The van der Waals surface area contributed by atoms with Crippen molar-refractivity contribution < 1.29 is 14.3 Å². The quantitative estimate of drug-likeness (QED) is 0.569. The van der Waals surface area contributed by atoms with Crippen molar-refractivity contribution in [2.24, 2.45) is 11.8 Å². The maximum Gasteiger partial charge on any atom is 0.317 e. The third kappa shape index (κ3) is 2.67. The first-order valence-corrected chi connectivity index (χ1v) is 8.22. The van der Waals surface area contributed by atoms with Crippen LogP contribution in [0.15, 0.2) is 18.2 Å². The number of ether oxygens (including phenoxy) is 1. The lowest BCUT2D eigenvalue weighted by Crippen LogP contribution is -2.41. The Bertz CT molecular complexity index is 630. The van der Waals surface area contributed by atoms with Gasteiger partial charge in [-0.3, -0.25) is 9.59 Å². The topological polar surface area (TPSA) is 43.4 Å². The highest BCUT2D eigenvalue weighted by molar-refractivity contribution is 6.30. The summed E-state index contributed by atoms with van der Waals surface area (Å²) in [4.78, 5) is 25.4. The number of hydrogen-bond acceptors (Lipinski definition) is 3. The minimum atomic E-state index is -0.666. The van der Waals surface area contributed by atoms with Gasteiger partial charge in [0.1, 0.15) is 11.5 Å². The van der Waals surface area contributed by atoms with Crippen molar-refractivity contribution in [3.8, 4) is 0 Å². The second-order valence-corrected chi connectivity index (χ2v) is 7.74. The molecule has 1 aromatic rings. The van der Waals surface area contributed by atoms with Gasteiger partial charge in [-0.05, 0) is 69.2 Å². The first-order chi connectivity index (χ1) is 10.3. The average Bonchev–Trinajstić information content (AvgIpc) is 2.85. The molecule has 1 unspecified atom stereocenters. The van der Waals surface area contributed by atoms with Gasteiger partial charge in [0.2, 0.25) is 0 Å². The normalized spacial score (nSPS) is 27.3. The summed E-state index contributed by atoms with van der Waals surface area (Å²) in [5.74, 6) is -0.864. The molecule has 0 heterocycles. The van der Waals surface area contributed by atoms with Gasteiger partial charge in [-0.2, -0.15) is 0 Å². The summed E-state index contributed by atoms with van der Waals surface area (Å²) in [6.07, 6.45) is 2.94. The number of ketones is 1. The van der Waals surface area contributed by atoms with Gasteiger partial charge in [0.25, 0.3) is 0 Å². The molecule has 0 amide bonds. The van der Waals surface area contributed by atoms with Gasteiger partial charge in [0, 0.05) is 10.6 Å². The molecule has 1 fully saturated rings. The van der Waals surface area contributed by atoms with E-state index in [1.807, 2.05) is 26.8 Å². The molecule has 0 aromatic heterocycles. The van der Waals surface area contributed by atoms with E-state index < -0.39 is 11.5 Å². The van der Waals surface area contributed by atoms with Gasteiger partial charge in [-0.1, -0.05) is 18.0 Å². The Kier molecular flexibility index (Phi) is 3.80. The lowest BCUT2D eigenvalue weighted by Gasteiger charge is -2.34. The smallest absolute Gasteiger partial charge is 0.317 e. The first kappa shape index (κ1) is 15.5. The molecule has 0 saturated heterocycles. The van der Waals surface area contributed by atoms with E-state index in [1.54, 1.807) is 12.1 Å². The predicted molar refractivity (Wildman–Crippen MR) is 85.2 cm³/mol. The lowest BCUT2D eigenvalue weighted by atomic mass is 9.70. The zero-order valence-corrected chi connectivity index (χ0v) is 13.9. The number of halogens is 1. The van der Waals surface area contributed by atoms with Gasteiger partial charge in [0.15, 0.2) is 5.78 Å². The molecule has 2 aliphatic rings. The molecule has 3 rings (SSSR count). The fourth-order valence-corrected chi connectivity index (χ4v) is 4.03. The second kappa shape index (κ2) is 5.38. The van der Waals surface area contributed by atoms with Crippen LogP contribution in [0.3, 0.4) is 0 Å². The molecule has 3 nitrogen and oxygen atoms in total. The molecule has 118 valence electrons. The summed E-state index contributed by atoms with van der Waals surface area (Å²) < 4.78 is 5.51. The summed E-state index contributed by atoms with van der Waals surface area (Å²) in [7, 11) is 0. The largest absolute Gasteiger partial charge is 0.459 e. The van der Waals surface area contributed by atoms with E-state index in [0.29, 0.717) is 10.6 Å². The summed E-state index contributed by atoms with van der Waals surface area (Å²) in [5, 5.41) is 0.646. The number of Topliss-reactive ketones (excluding diaryl/α,β-unsaturated/α-hetero) is 1. The maximum absolute atomic E-state index is 12.9. The Hall–Kier alpha value is -1.35. The molecular weight excluding hydrogens is 300 g/mol. The van der Waals surface area contributed by atoms with E-state index in [4.69, 9.17) is 16.3 Å². The minimum absolute atomic E-state index is 0.0494. The number of fused-ring (bicyclic) bond motifs is 3. The molecule has 0 bridgehead atoms. The fourth-order valence-electron chi connectivity index (χ4n) is 3.85. The molecule has 4 heteroatoms. The van der Waals surface area contributed by atoms with Crippen molar-refractivity contribution in [2.45, 2.75) is 51.6 Å². The van der Waals surface area contributed by atoms with Crippen LogP contribution in [-0.2, 0) is 9.53 Å². The lowest BCUT2D eigenvalue weighted by molar-refractivity contribution is -0.160. The summed E-state index contributed by atoms with van der Waals surface area (Å²) in [6.45, 7) is 5.49. The average molecular weight is 321 g/mol. The SMILES string of the molecule is CC(C)(C)OC(=O)C1C(=O)c2ccc(Cl)cc2[C@H]2CCC[C@@H]12. The molecule has 2 aliphatic carbocycles. The molecule has 0 aliphatic heterocycles. The highest BCUT2D eigenvalue weighted by atomic mass is 35.5. The highest BCUT2D eigenvalue weighted by Gasteiger charge is 2.49. The van der Waals surface area contributed by atoms with Crippen molar-refractivity contribution in [2.75, 3.05) is 0 Å². The zero-order chi connectivity index (χ0) is 16.1. The van der Waals surface area contributed by atoms with Crippen LogP contribution < -0.4 is 0 Å². The Morgan fingerprint density at radius 3 is 2.68 bits per heavy atom. The van der Waals surface area contributed by atoms with Crippen molar-refractivity contribution in [3.63, 3.8) is 0 Å². The Balaban J connectivity index is 2.01. The second-order valence-electron chi connectivity index (χ2n) is 7.31. The standard InChI is InChI=1S/C18H21ClO3/c1-18(2,3)22-17(21)15-12-6-4-5-11(12)14-9-10(19)7-8-13(14)16(15)20/h7-9,11-12,15H,4-6H2,1-3H3/t11-,12+,15?/m0/s1. The number of hydrogen-bond donors (Lipinski definition) is 0. The van der Waals surface area contributed by atoms with Gasteiger partial charge in [0.05, 0.1) is 0 Å². The molecule has 0 spiro atoms. The summed E-state index contributed by atoms with van der Waals surface area (Å²) in [5.41, 5.74) is 1.08. The van der Waals surface area contributed by atoms with Crippen LogP contribution in [-0.4, -0.2) is 17.4 Å². The van der Waals surface area contributed by atoms with Gasteiger partial charge in [-0.25, -0.2) is 0 Å². The van der Waals surface area contributed by atoms with Crippen LogP contribution >= 0.6 is 11.6 Å². The van der Waals surface area contributed by atoms with E-state index in [1.165, 1.54) is 0 Å². The van der Waals surface area contributed by atoms with Crippen molar-refractivity contribution >= 4 is 23.4 Å². The Morgan fingerprint density at radius 2 is 2.00 bits per heavy atom. The molecule has 22 heavy (non-hydrogen) atoms. The van der Waals surface area contributed by atoms with E-state index in [0.717, 1.165) is 24.8 Å². The van der Waals surface area contributed by atoms with Gasteiger partial charge in [-0.15, -0.1) is 0 Å². The molecule has 1 aromatic carbocycles. The van der Waals surface area contributed by atoms with Crippen LogP contribution in [0.25, 0.3) is 0 Å². The Morgan fingerprint density at radius 1 is 1.27 bits per heavy atom. The first-order valence-electron chi connectivity index (χ1n) is 7.84. The molecule has 3 atom stereocenters. The third-order valence-electron chi connectivity index (χ3n) is 4.62. The summed E-state index contributed by atoms with van der Waals surface area (Å²) >= 11 is 6.10. The highest BCUT2D eigenvalue weighted by Crippen LogP contribution is 2.50. The van der Waals surface area contributed by atoms with Crippen LogP contribution in [0.5, 0.6) is 0 Å². The number of esters is 1. The van der Waals surface area contributed by atoms with Crippen LogP contribution in [0.2, 0.25) is 5.02 Å². The molecule has 0 N–H and O–H groups in total. The number of carbonyl (C=O) groups excluding carboxylic acids is 2. The van der Waals surface area contributed by atoms with Crippen LogP contribution in [0.1, 0.15) is 61.9 Å². The molecular formula is C18H21ClO3. The van der Waals surface area contributed by atoms with E-state index in [-0.39, 0.29) is 23.6 Å². The summed E-state index contributed by atoms with van der Waals surface area (Å²) in [6, 6.07) is 5.37. The number of benzene rings is 1. The van der Waals surface area contributed by atoms with Crippen molar-refractivity contribution in [1.82, 2.24) is 0 Å². The van der Waals surface area contributed by atoms with Crippen molar-refractivity contribution in [3.05, 3.63) is 34.3 Å². The zero-order valence-electron chi connectivity index (χ0n) is 13.2. The number of carbonyl (C=O) groups is 2. The molecule has 0 radical (unpaired) electrons. The minimum Gasteiger partial charge on any atom is -0.459 e. The third-order valence-corrected chi connectivity index (χ3v) is 4.85. The van der Waals surface area contributed by atoms with Crippen LogP contribution in [0.4, 0.5) is 0 Å². The van der Waals surface area contributed by atoms with Gasteiger partial charge >= 0.3 is 5.97 Å². The van der Waals surface area contributed by atoms with E-state index in [2.05, 4.69) is 0 Å². The predicted octanol–water partition coefficient (Wildman–Crippen LogP) is 4.38. The van der Waals surface area contributed by atoms with Crippen LogP contribution in [0, 0.1) is 11.8 Å². The van der Waals surface area contributed by atoms with E-state index in [9.17, 15) is 9.59 Å². The monoisotopic (exact) mass is 320 g/mol. The van der Waals surface area contributed by atoms with Gasteiger partial charge < -0.3 is 4.74 Å². The maximum atomic E-state index is 12.9.